The van der Waals surface area contributed by atoms with Gasteiger partial charge >= 0.3 is 5.63 Å². The zero-order valence-corrected chi connectivity index (χ0v) is 10.3. The van der Waals surface area contributed by atoms with E-state index in [1.807, 2.05) is 44.4 Å². The summed E-state index contributed by atoms with van der Waals surface area (Å²) < 4.78 is 5.34. The van der Waals surface area contributed by atoms with Crippen LogP contribution in [0.1, 0.15) is 0 Å². The van der Waals surface area contributed by atoms with Crippen molar-refractivity contribution in [3.05, 3.63) is 52.9 Å². The van der Waals surface area contributed by atoms with Crippen molar-refractivity contribution in [3.8, 4) is 0 Å². The first-order valence-corrected chi connectivity index (χ1v) is 5.80. The summed E-state index contributed by atoms with van der Waals surface area (Å²) >= 11 is 0. The minimum atomic E-state index is -0.315. The molecule has 2 aromatic carbocycles. The molecule has 0 atom stereocenters. The molecular formula is C15H13NO2. The molecule has 0 N–H and O–H groups in total. The Hall–Kier alpha value is -2.29. The van der Waals surface area contributed by atoms with Crippen LogP contribution >= 0.6 is 0 Å². The lowest BCUT2D eigenvalue weighted by molar-refractivity contribution is 0.564. The van der Waals surface area contributed by atoms with E-state index in [9.17, 15) is 4.79 Å². The Morgan fingerprint density at radius 1 is 1.00 bits per heavy atom. The van der Waals surface area contributed by atoms with E-state index < -0.39 is 0 Å². The Kier molecular flexibility index (Phi) is 2.33. The van der Waals surface area contributed by atoms with Gasteiger partial charge in [0, 0.05) is 42.0 Å². The molecule has 3 nitrogen and oxygen atoms in total. The fourth-order valence-electron chi connectivity index (χ4n) is 2.25. The molecule has 90 valence electrons. The number of rotatable bonds is 1. The maximum atomic E-state index is 11.4. The van der Waals surface area contributed by atoms with Crippen molar-refractivity contribution in [2.75, 3.05) is 19.0 Å². The topological polar surface area (TPSA) is 33.5 Å². The summed E-state index contributed by atoms with van der Waals surface area (Å²) in [6.45, 7) is 0. The Morgan fingerprint density at radius 2 is 1.72 bits per heavy atom. The van der Waals surface area contributed by atoms with Gasteiger partial charge in [-0.05, 0) is 12.1 Å². The van der Waals surface area contributed by atoms with Gasteiger partial charge in [0.2, 0.25) is 0 Å². The number of fused-ring (bicyclic) bond motifs is 3. The average Bonchev–Trinajstić information content (AvgIpc) is 2.37. The highest BCUT2D eigenvalue weighted by Gasteiger charge is 2.09. The maximum absolute atomic E-state index is 11.4. The third-order valence-electron chi connectivity index (χ3n) is 3.09. The van der Waals surface area contributed by atoms with Crippen molar-refractivity contribution in [1.29, 1.82) is 0 Å². The van der Waals surface area contributed by atoms with Gasteiger partial charge in [0.1, 0.15) is 5.58 Å². The second-order valence-corrected chi connectivity index (χ2v) is 4.51. The molecule has 0 radical (unpaired) electrons. The quantitative estimate of drug-likeness (QED) is 0.483. The second kappa shape index (κ2) is 3.88. The minimum absolute atomic E-state index is 0.315. The van der Waals surface area contributed by atoms with E-state index >= 15 is 0 Å². The van der Waals surface area contributed by atoms with Crippen molar-refractivity contribution < 1.29 is 4.42 Å². The SMILES string of the molecule is CN(C)c1cc2ccc(=O)oc2c2ccccc12. The van der Waals surface area contributed by atoms with Crippen LogP contribution in [0.15, 0.2) is 51.7 Å². The molecule has 1 heterocycles. The Balaban J connectivity index is 2.57. The van der Waals surface area contributed by atoms with Crippen molar-refractivity contribution in [2.45, 2.75) is 0 Å². The van der Waals surface area contributed by atoms with Gasteiger partial charge < -0.3 is 9.32 Å². The van der Waals surface area contributed by atoms with Gasteiger partial charge in [-0.25, -0.2) is 4.79 Å². The molecule has 0 aliphatic carbocycles. The second-order valence-electron chi connectivity index (χ2n) is 4.51. The Labute approximate surface area is 104 Å². The third-order valence-corrected chi connectivity index (χ3v) is 3.09. The predicted octanol–water partition coefficient (Wildman–Crippen LogP) is 3.01. The molecule has 0 aliphatic heterocycles. The summed E-state index contributed by atoms with van der Waals surface area (Å²) in [5.74, 6) is 0. The van der Waals surface area contributed by atoms with Crippen LogP contribution in [-0.4, -0.2) is 14.1 Å². The molecule has 3 heteroatoms. The molecule has 3 aromatic rings. The standard InChI is InChI=1S/C15H13NO2/c1-16(2)13-9-10-7-8-14(17)18-15(10)12-6-4-3-5-11(12)13/h3-9H,1-2H3. The average molecular weight is 239 g/mol. The third kappa shape index (κ3) is 1.56. The van der Waals surface area contributed by atoms with Crippen LogP contribution in [0.5, 0.6) is 0 Å². The van der Waals surface area contributed by atoms with Gasteiger partial charge in [-0.1, -0.05) is 24.3 Å². The maximum Gasteiger partial charge on any atom is 0.336 e. The van der Waals surface area contributed by atoms with E-state index in [-0.39, 0.29) is 5.63 Å². The highest BCUT2D eigenvalue weighted by Crippen LogP contribution is 2.32. The first-order chi connectivity index (χ1) is 8.66. The van der Waals surface area contributed by atoms with Gasteiger partial charge in [0.15, 0.2) is 0 Å². The van der Waals surface area contributed by atoms with Crippen LogP contribution in [0.2, 0.25) is 0 Å². The van der Waals surface area contributed by atoms with E-state index in [2.05, 4.69) is 4.90 Å². The lowest BCUT2D eigenvalue weighted by Gasteiger charge is -2.16. The molecule has 0 spiro atoms. The van der Waals surface area contributed by atoms with E-state index in [1.165, 1.54) is 6.07 Å². The van der Waals surface area contributed by atoms with Crippen molar-refractivity contribution in [3.63, 3.8) is 0 Å². The molecule has 0 bridgehead atoms. The molecule has 0 fully saturated rings. The molecule has 0 unspecified atom stereocenters. The van der Waals surface area contributed by atoms with Crippen LogP contribution in [0.4, 0.5) is 5.69 Å². The highest BCUT2D eigenvalue weighted by atomic mass is 16.4. The lowest BCUT2D eigenvalue weighted by atomic mass is 10.0. The van der Waals surface area contributed by atoms with Crippen LogP contribution in [0.25, 0.3) is 21.7 Å². The summed E-state index contributed by atoms with van der Waals surface area (Å²) in [6, 6.07) is 13.3. The number of hydrogen-bond donors (Lipinski definition) is 0. The molecule has 0 amide bonds. The van der Waals surface area contributed by atoms with E-state index in [0.717, 1.165) is 21.8 Å². The van der Waals surface area contributed by atoms with Crippen LogP contribution in [0, 0.1) is 0 Å². The first kappa shape index (κ1) is 10.8. The Morgan fingerprint density at radius 3 is 2.44 bits per heavy atom. The molecule has 3 rings (SSSR count). The minimum Gasteiger partial charge on any atom is -0.422 e. The number of anilines is 1. The fraction of sp³-hybridized carbons (Fsp3) is 0.133. The van der Waals surface area contributed by atoms with Crippen LogP contribution in [-0.2, 0) is 0 Å². The lowest BCUT2D eigenvalue weighted by Crippen LogP contribution is -2.09. The molecule has 0 saturated heterocycles. The van der Waals surface area contributed by atoms with Crippen molar-refractivity contribution in [2.24, 2.45) is 0 Å². The highest BCUT2D eigenvalue weighted by molar-refractivity contribution is 6.10. The van der Waals surface area contributed by atoms with E-state index in [0.29, 0.717) is 5.58 Å². The van der Waals surface area contributed by atoms with Crippen LogP contribution < -0.4 is 10.5 Å². The number of benzene rings is 2. The monoisotopic (exact) mass is 239 g/mol. The number of hydrogen-bond acceptors (Lipinski definition) is 3. The summed E-state index contributed by atoms with van der Waals surface area (Å²) in [5.41, 5.74) is 1.46. The summed E-state index contributed by atoms with van der Waals surface area (Å²) in [7, 11) is 4.01. The molecule has 0 aliphatic rings. The normalized spacial score (nSPS) is 11.0. The molecule has 18 heavy (non-hydrogen) atoms. The molecule has 0 saturated carbocycles. The van der Waals surface area contributed by atoms with Crippen molar-refractivity contribution >= 4 is 27.4 Å². The largest absolute Gasteiger partial charge is 0.422 e. The van der Waals surface area contributed by atoms with Gasteiger partial charge in [-0.3, -0.25) is 0 Å². The van der Waals surface area contributed by atoms with E-state index in [1.54, 1.807) is 6.07 Å². The predicted molar refractivity (Wildman–Crippen MR) is 74.3 cm³/mol. The molecular weight excluding hydrogens is 226 g/mol. The summed E-state index contributed by atoms with van der Waals surface area (Å²) in [5, 5.41) is 3.00. The smallest absolute Gasteiger partial charge is 0.336 e. The zero-order valence-electron chi connectivity index (χ0n) is 10.3. The van der Waals surface area contributed by atoms with Gasteiger partial charge in [0.25, 0.3) is 0 Å². The zero-order chi connectivity index (χ0) is 12.7. The molecule has 1 aromatic heterocycles. The summed E-state index contributed by atoms with van der Waals surface area (Å²) in [6.07, 6.45) is 0. The number of nitrogens with zero attached hydrogens (tertiary/aromatic N) is 1. The van der Waals surface area contributed by atoms with Gasteiger partial charge in [-0.15, -0.1) is 0 Å². The van der Waals surface area contributed by atoms with Gasteiger partial charge in [-0.2, -0.15) is 0 Å². The Bertz CT molecular complexity index is 787. The van der Waals surface area contributed by atoms with Crippen molar-refractivity contribution in [1.82, 2.24) is 0 Å². The van der Waals surface area contributed by atoms with Crippen LogP contribution in [0.3, 0.4) is 0 Å². The van der Waals surface area contributed by atoms with E-state index in [4.69, 9.17) is 4.42 Å². The first-order valence-electron chi connectivity index (χ1n) is 5.80. The summed E-state index contributed by atoms with van der Waals surface area (Å²) in [4.78, 5) is 13.4. The fourth-order valence-corrected chi connectivity index (χ4v) is 2.25. The van der Waals surface area contributed by atoms with Gasteiger partial charge in [0.05, 0.1) is 0 Å².